The maximum atomic E-state index is 12.5. The predicted octanol–water partition coefficient (Wildman–Crippen LogP) is 3.17. The minimum Gasteiger partial charge on any atom is -0.497 e. The van der Waals surface area contributed by atoms with Gasteiger partial charge < -0.3 is 14.2 Å². The zero-order chi connectivity index (χ0) is 21.9. The number of esters is 1. The number of benzene rings is 2. The topological polar surface area (TPSA) is 104 Å². The molecule has 0 spiro atoms. The number of ether oxygens (including phenoxy) is 3. The van der Waals surface area contributed by atoms with Gasteiger partial charge in [0.05, 0.1) is 25.3 Å². The summed E-state index contributed by atoms with van der Waals surface area (Å²) in [5.74, 6) is 0.0475. The Morgan fingerprint density at radius 2 is 1.87 bits per heavy atom. The molecular weight excluding hydrogens is 432 g/mol. The number of methoxy groups -OCH3 is 2. The Labute approximate surface area is 178 Å². The third-order valence-electron chi connectivity index (χ3n) is 4.37. The summed E-state index contributed by atoms with van der Waals surface area (Å²) in [6.45, 7) is -0.132. The molecule has 0 unspecified atom stereocenters. The molecule has 8 nitrogen and oxygen atoms in total. The molecule has 1 N–H and O–H groups in total. The fourth-order valence-corrected chi connectivity index (χ4v) is 3.86. The number of sulfonamides is 1. The second kappa shape index (κ2) is 8.86. The summed E-state index contributed by atoms with van der Waals surface area (Å²) >= 11 is 6.22. The number of nitrogens with zero attached hydrogens (tertiary/aromatic N) is 1. The lowest BCUT2D eigenvalue weighted by Gasteiger charge is -2.11. The molecule has 0 atom stereocenters. The molecular formula is C20H19ClN2O6S. The van der Waals surface area contributed by atoms with Crippen LogP contribution in [0, 0.1) is 0 Å². The molecule has 0 saturated carbocycles. The third kappa shape index (κ3) is 4.48. The molecule has 0 radical (unpaired) electrons. The van der Waals surface area contributed by atoms with Gasteiger partial charge in [-0.1, -0.05) is 11.6 Å². The fourth-order valence-electron chi connectivity index (χ4n) is 2.75. The van der Waals surface area contributed by atoms with Crippen molar-refractivity contribution >= 4 is 38.5 Å². The van der Waals surface area contributed by atoms with Gasteiger partial charge >= 0.3 is 5.97 Å². The average Bonchev–Trinajstić information content (AvgIpc) is 2.76. The highest BCUT2D eigenvalue weighted by atomic mass is 35.5. The summed E-state index contributed by atoms with van der Waals surface area (Å²) in [6, 6.07) is 11.1. The Morgan fingerprint density at radius 1 is 1.10 bits per heavy atom. The molecule has 3 rings (SSSR count). The van der Waals surface area contributed by atoms with Gasteiger partial charge in [0.1, 0.15) is 28.2 Å². The van der Waals surface area contributed by atoms with Crippen LogP contribution in [0.3, 0.4) is 0 Å². The van der Waals surface area contributed by atoms with E-state index in [0.29, 0.717) is 16.8 Å². The molecule has 0 aliphatic heterocycles. The summed E-state index contributed by atoms with van der Waals surface area (Å²) < 4.78 is 42.1. The number of halogens is 1. The molecule has 0 amide bonds. The van der Waals surface area contributed by atoms with Crippen LogP contribution in [0.5, 0.6) is 11.5 Å². The van der Waals surface area contributed by atoms with Gasteiger partial charge in [0.2, 0.25) is 10.0 Å². The van der Waals surface area contributed by atoms with Crippen LogP contribution in [0.1, 0.15) is 15.9 Å². The summed E-state index contributed by atoms with van der Waals surface area (Å²) in [4.78, 5) is 16.6. The summed E-state index contributed by atoms with van der Waals surface area (Å²) in [7, 11) is 0.341. The van der Waals surface area contributed by atoms with Gasteiger partial charge in [-0.25, -0.2) is 22.9 Å². The lowest BCUT2D eigenvalue weighted by molar-refractivity contribution is 0.0472. The van der Waals surface area contributed by atoms with Crippen LogP contribution in [-0.2, 0) is 21.4 Å². The number of rotatable bonds is 7. The van der Waals surface area contributed by atoms with Gasteiger partial charge in [-0.3, -0.25) is 0 Å². The molecule has 10 heteroatoms. The maximum absolute atomic E-state index is 12.5. The first-order valence-corrected chi connectivity index (χ1v) is 10.6. The van der Waals surface area contributed by atoms with E-state index in [1.807, 2.05) is 6.07 Å². The first-order chi connectivity index (χ1) is 14.3. The Hall–Kier alpha value is -2.88. The van der Waals surface area contributed by atoms with Crippen molar-refractivity contribution in [1.82, 2.24) is 9.71 Å². The number of carbonyl (C=O) groups excluding carboxylic acids is 1. The number of carbonyl (C=O) groups is 1. The lowest BCUT2D eigenvalue weighted by Crippen LogP contribution is -2.20. The number of nitrogens with one attached hydrogen (secondary N) is 1. The van der Waals surface area contributed by atoms with Crippen LogP contribution in [-0.4, -0.2) is 40.6 Å². The van der Waals surface area contributed by atoms with Crippen LogP contribution < -0.4 is 14.2 Å². The molecule has 2 aromatic carbocycles. The fraction of sp³-hybridized carbons (Fsp3) is 0.200. The summed E-state index contributed by atoms with van der Waals surface area (Å²) in [6.07, 6.45) is 0. The number of hydrogen-bond donors (Lipinski definition) is 1. The maximum Gasteiger partial charge on any atom is 0.338 e. The third-order valence-corrected chi connectivity index (χ3v) is 6.13. The Balaban J connectivity index is 1.83. The zero-order valence-electron chi connectivity index (χ0n) is 16.4. The number of hydrogen-bond acceptors (Lipinski definition) is 7. The van der Waals surface area contributed by atoms with Crippen LogP contribution in [0.15, 0.2) is 47.4 Å². The molecule has 0 fully saturated rings. The Morgan fingerprint density at radius 3 is 2.53 bits per heavy atom. The Kier molecular flexibility index (Phi) is 6.45. The van der Waals surface area contributed by atoms with Crippen LogP contribution >= 0.6 is 11.6 Å². The molecule has 3 aromatic rings. The molecule has 1 aromatic heterocycles. The van der Waals surface area contributed by atoms with Crippen molar-refractivity contribution in [2.75, 3.05) is 21.3 Å². The average molecular weight is 451 g/mol. The van der Waals surface area contributed by atoms with E-state index in [4.69, 9.17) is 25.8 Å². The van der Waals surface area contributed by atoms with Crippen molar-refractivity contribution in [3.63, 3.8) is 0 Å². The Bertz CT molecular complexity index is 1210. The number of aromatic nitrogens is 1. The molecule has 30 heavy (non-hydrogen) atoms. The minimum atomic E-state index is -3.83. The first-order valence-electron chi connectivity index (χ1n) is 8.71. The van der Waals surface area contributed by atoms with Crippen LogP contribution in [0.25, 0.3) is 10.9 Å². The van der Waals surface area contributed by atoms with Crippen molar-refractivity contribution in [3.05, 3.63) is 58.7 Å². The minimum absolute atomic E-state index is 0.0548. The molecule has 0 bridgehead atoms. The smallest absolute Gasteiger partial charge is 0.338 e. The SMILES string of the molecule is CNS(=O)(=O)c1cc(C(=O)OCc2cc3ccc(OC)cc3nc2Cl)ccc1OC. The highest BCUT2D eigenvalue weighted by molar-refractivity contribution is 7.89. The first kappa shape index (κ1) is 21.8. The second-order valence-electron chi connectivity index (χ2n) is 6.15. The molecule has 0 aliphatic rings. The van der Waals surface area contributed by atoms with E-state index in [9.17, 15) is 13.2 Å². The van der Waals surface area contributed by atoms with Gasteiger partial charge in [-0.15, -0.1) is 0 Å². The summed E-state index contributed by atoms with van der Waals surface area (Å²) in [5, 5.41) is 0.995. The van der Waals surface area contributed by atoms with Crippen molar-refractivity contribution < 1.29 is 27.4 Å². The summed E-state index contributed by atoms with van der Waals surface area (Å²) in [5.41, 5.74) is 1.21. The molecule has 1 heterocycles. The van der Waals surface area contributed by atoms with Crippen molar-refractivity contribution in [2.45, 2.75) is 11.5 Å². The monoisotopic (exact) mass is 450 g/mol. The van der Waals surface area contributed by atoms with E-state index in [-0.39, 0.29) is 28.0 Å². The zero-order valence-corrected chi connectivity index (χ0v) is 18.0. The van der Waals surface area contributed by atoms with E-state index in [0.717, 1.165) is 5.39 Å². The van der Waals surface area contributed by atoms with E-state index >= 15 is 0 Å². The van der Waals surface area contributed by atoms with Gasteiger partial charge in [0.15, 0.2) is 0 Å². The quantitative estimate of drug-likeness (QED) is 0.435. The highest BCUT2D eigenvalue weighted by Crippen LogP contribution is 2.27. The molecule has 0 saturated heterocycles. The van der Waals surface area contributed by atoms with Crippen molar-refractivity contribution in [3.8, 4) is 11.5 Å². The highest BCUT2D eigenvalue weighted by Gasteiger charge is 2.21. The van der Waals surface area contributed by atoms with E-state index in [1.165, 1.54) is 32.4 Å². The second-order valence-corrected chi connectivity index (χ2v) is 8.36. The van der Waals surface area contributed by atoms with Crippen LogP contribution in [0.2, 0.25) is 5.15 Å². The van der Waals surface area contributed by atoms with Crippen molar-refractivity contribution in [2.24, 2.45) is 0 Å². The number of pyridine rings is 1. The normalized spacial score (nSPS) is 11.3. The van der Waals surface area contributed by atoms with Gasteiger partial charge in [0.25, 0.3) is 0 Å². The van der Waals surface area contributed by atoms with Gasteiger partial charge in [0, 0.05) is 17.0 Å². The van der Waals surface area contributed by atoms with E-state index in [1.54, 1.807) is 25.3 Å². The van der Waals surface area contributed by atoms with Gasteiger partial charge in [-0.05, 0) is 43.4 Å². The van der Waals surface area contributed by atoms with E-state index < -0.39 is 16.0 Å². The largest absolute Gasteiger partial charge is 0.497 e. The van der Waals surface area contributed by atoms with Crippen molar-refractivity contribution in [1.29, 1.82) is 0 Å². The van der Waals surface area contributed by atoms with Crippen LogP contribution in [0.4, 0.5) is 0 Å². The molecule has 0 aliphatic carbocycles. The number of fused-ring (bicyclic) bond motifs is 1. The predicted molar refractivity (Wildman–Crippen MR) is 112 cm³/mol. The van der Waals surface area contributed by atoms with Gasteiger partial charge in [-0.2, -0.15) is 0 Å². The standard InChI is InChI=1S/C20H19ClN2O6S/c1-22-30(25,26)18-9-13(5-7-17(18)28-3)20(24)29-11-14-8-12-4-6-15(27-2)10-16(12)23-19(14)21/h4-10,22H,11H2,1-3H3. The van der Waals surface area contributed by atoms with E-state index in [2.05, 4.69) is 9.71 Å². The lowest BCUT2D eigenvalue weighted by atomic mass is 10.1. The molecule has 158 valence electrons.